The maximum atomic E-state index is 13.2. The molecular formula is C20H17FN2O4S. The van der Waals surface area contributed by atoms with Crippen LogP contribution >= 0.6 is 12.2 Å². The minimum atomic E-state index is -0.610. The van der Waals surface area contributed by atoms with Crippen molar-refractivity contribution in [3.05, 3.63) is 59.4 Å². The maximum Gasteiger partial charge on any atom is 0.270 e. The molecule has 2 aromatic carbocycles. The smallest absolute Gasteiger partial charge is 0.270 e. The van der Waals surface area contributed by atoms with Crippen LogP contribution in [0.5, 0.6) is 11.5 Å². The highest BCUT2D eigenvalue weighted by atomic mass is 32.1. The van der Waals surface area contributed by atoms with Crippen LogP contribution in [0.2, 0.25) is 0 Å². The topological polar surface area (TPSA) is 67.9 Å². The molecule has 0 spiro atoms. The molecule has 2 aromatic rings. The summed E-state index contributed by atoms with van der Waals surface area (Å²) in [4.78, 5) is 26.4. The Bertz CT molecular complexity index is 973. The fourth-order valence-electron chi connectivity index (χ4n) is 2.70. The number of methoxy groups -OCH3 is 1. The number of hydrogen-bond donors (Lipinski definition) is 1. The Morgan fingerprint density at radius 1 is 1.14 bits per heavy atom. The van der Waals surface area contributed by atoms with Gasteiger partial charge in [-0.1, -0.05) is 6.07 Å². The van der Waals surface area contributed by atoms with Gasteiger partial charge >= 0.3 is 0 Å². The molecule has 1 aliphatic rings. The molecular weight excluding hydrogens is 383 g/mol. The number of ether oxygens (including phenoxy) is 2. The molecule has 6 nitrogen and oxygen atoms in total. The third kappa shape index (κ3) is 3.86. The van der Waals surface area contributed by atoms with Gasteiger partial charge < -0.3 is 9.47 Å². The van der Waals surface area contributed by atoms with Crippen LogP contribution in [-0.4, -0.2) is 30.6 Å². The van der Waals surface area contributed by atoms with Crippen LogP contribution in [0.3, 0.4) is 0 Å². The third-order valence-corrected chi connectivity index (χ3v) is 4.27. The third-order valence-electron chi connectivity index (χ3n) is 3.99. The van der Waals surface area contributed by atoms with Gasteiger partial charge in [0.05, 0.1) is 19.4 Å². The summed E-state index contributed by atoms with van der Waals surface area (Å²) in [5.74, 6) is -0.624. The summed E-state index contributed by atoms with van der Waals surface area (Å²) in [5.41, 5.74) is 0.821. The van der Waals surface area contributed by atoms with E-state index in [4.69, 9.17) is 21.7 Å². The average molecular weight is 400 g/mol. The molecule has 3 rings (SSSR count). The number of rotatable bonds is 5. The van der Waals surface area contributed by atoms with Gasteiger partial charge in [0.1, 0.15) is 11.4 Å². The maximum absolute atomic E-state index is 13.2. The lowest BCUT2D eigenvalue weighted by Crippen LogP contribution is -2.54. The molecule has 1 fully saturated rings. The number of carbonyl (C=O) groups is 2. The van der Waals surface area contributed by atoms with Gasteiger partial charge in [-0.2, -0.15) is 0 Å². The molecule has 0 aliphatic carbocycles. The Balaban J connectivity index is 1.98. The number of benzene rings is 2. The number of halogens is 1. The summed E-state index contributed by atoms with van der Waals surface area (Å²) in [6.07, 6.45) is 1.44. The average Bonchev–Trinajstić information content (AvgIpc) is 2.67. The Hall–Kier alpha value is -3.26. The number of nitrogens with one attached hydrogen (secondary N) is 1. The highest BCUT2D eigenvalue weighted by molar-refractivity contribution is 7.80. The highest BCUT2D eigenvalue weighted by Gasteiger charge is 2.34. The molecule has 8 heteroatoms. The van der Waals surface area contributed by atoms with E-state index >= 15 is 0 Å². The van der Waals surface area contributed by atoms with Crippen LogP contribution in [0.15, 0.2) is 48.0 Å². The van der Waals surface area contributed by atoms with Gasteiger partial charge in [-0.15, -0.1) is 0 Å². The van der Waals surface area contributed by atoms with Crippen molar-refractivity contribution in [1.29, 1.82) is 0 Å². The molecule has 2 amide bonds. The van der Waals surface area contributed by atoms with E-state index in [2.05, 4.69) is 5.32 Å². The van der Waals surface area contributed by atoms with Gasteiger partial charge in [-0.25, -0.2) is 4.39 Å². The van der Waals surface area contributed by atoms with Gasteiger partial charge in [-0.05, 0) is 67.2 Å². The molecule has 1 N–H and O–H groups in total. The van der Waals surface area contributed by atoms with E-state index < -0.39 is 17.6 Å². The number of nitrogens with zero attached hydrogens (tertiary/aromatic N) is 1. The van der Waals surface area contributed by atoms with Crippen LogP contribution in [0.1, 0.15) is 12.5 Å². The summed E-state index contributed by atoms with van der Waals surface area (Å²) in [6, 6.07) is 10.3. The first-order valence-electron chi connectivity index (χ1n) is 8.42. The van der Waals surface area contributed by atoms with E-state index in [1.165, 1.54) is 37.5 Å². The van der Waals surface area contributed by atoms with Gasteiger partial charge in [0, 0.05) is 0 Å². The number of thiocarbonyl (C=S) groups is 1. The fourth-order valence-corrected chi connectivity index (χ4v) is 2.98. The number of carbonyl (C=O) groups excluding carboxylic acids is 2. The van der Waals surface area contributed by atoms with Crippen molar-refractivity contribution in [3.63, 3.8) is 0 Å². The second kappa shape index (κ2) is 8.18. The normalized spacial score (nSPS) is 15.6. The summed E-state index contributed by atoms with van der Waals surface area (Å²) in [7, 11) is 1.50. The lowest BCUT2D eigenvalue weighted by atomic mass is 10.1. The van der Waals surface area contributed by atoms with Crippen molar-refractivity contribution in [1.82, 2.24) is 5.32 Å². The van der Waals surface area contributed by atoms with E-state index in [1.54, 1.807) is 18.2 Å². The quantitative estimate of drug-likeness (QED) is 0.475. The first kappa shape index (κ1) is 19.5. The molecule has 28 heavy (non-hydrogen) atoms. The van der Waals surface area contributed by atoms with Crippen LogP contribution in [0.4, 0.5) is 10.1 Å². The van der Waals surface area contributed by atoms with Crippen LogP contribution in [0.25, 0.3) is 6.08 Å². The van der Waals surface area contributed by atoms with Crippen molar-refractivity contribution in [3.8, 4) is 11.5 Å². The first-order valence-corrected chi connectivity index (χ1v) is 8.83. The van der Waals surface area contributed by atoms with E-state index in [0.29, 0.717) is 29.4 Å². The van der Waals surface area contributed by atoms with Gasteiger partial charge in [0.15, 0.2) is 16.6 Å². The molecule has 0 atom stereocenters. The number of amides is 2. The number of anilines is 1. The van der Waals surface area contributed by atoms with E-state index in [1.807, 2.05) is 6.92 Å². The SMILES string of the molecule is CCOc1ccc(/C=C2/C(=O)NC(=S)N(c3ccc(F)cc3)C2=O)cc1OC. The van der Waals surface area contributed by atoms with Gasteiger partial charge in [-0.3, -0.25) is 19.8 Å². The molecule has 0 aromatic heterocycles. The summed E-state index contributed by atoms with van der Waals surface area (Å²) >= 11 is 5.12. The monoisotopic (exact) mass is 400 g/mol. The van der Waals surface area contributed by atoms with Crippen LogP contribution in [-0.2, 0) is 9.59 Å². The zero-order chi connectivity index (χ0) is 20.3. The van der Waals surface area contributed by atoms with Gasteiger partial charge in [0.25, 0.3) is 11.8 Å². The molecule has 0 unspecified atom stereocenters. The fraction of sp³-hybridized carbons (Fsp3) is 0.150. The molecule has 0 saturated carbocycles. The second-order valence-corrected chi connectivity index (χ2v) is 6.16. The van der Waals surface area contributed by atoms with E-state index in [-0.39, 0.29) is 10.7 Å². The van der Waals surface area contributed by atoms with Crippen molar-refractivity contribution in [2.24, 2.45) is 0 Å². The predicted molar refractivity (Wildman–Crippen MR) is 107 cm³/mol. The zero-order valence-corrected chi connectivity index (χ0v) is 16.0. The molecule has 144 valence electrons. The zero-order valence-electron chi connectivity index (χ0n) is 15.2. The Morgan fingerprint density at radius 3 is 2.50 bits per heavy atom. The highest BCUT2D eigenvalue weighted by Crippen LogP contribution is 2.29. The van der Waals surface area contributed by atoms with Crippen LogP contribution in [0, 0.1) is 5.82 Å². The number of hydrogen-bond acceptors (Lipinski definition) is 5. The summed E-state index contributed by atoms with van der Waals surface area (Å²) in [5, 5.41) is 2.42. The Labute approximate surface area is 166 Å². The predicted octanol–water partition coefficient (Wildman–Crippen LogP) is 3.06. The minimum Gasteiger partial charge on any atom is -0.493 e. The van der Waals surface area contributed by atoms with Crippen molar-refractivity contribution in [2.75, 3.05) is 18.6 Å². The van der Waals surface area contributed by atoms with Crippen molar-refractivity contribution < 1.29 is 23.5 Å². The lowest BCUT2D eigenvalue weighted by molar-refractivity contribution is -0.122. The Morgan fingerprint density at radius 2 is 1.86 bits per heavy atom. The summed E-state index contributed by atoms with van der Waals surface area (Å²) in [6.45, 7) is 2.33. The largest absolute Gasteiger partial charge is 0.493 e. The second-order valence-electron chi connectivity index (χ2n) is 5.78. The van der Waals surface area contributed by atoms with Gasteiger partial charge in [0.2, 0.25) is 0 Å². The standard InChI is InChI=1S/C20H17FN2O4S/c1-3-27-16-9-4-12(11-17(16)26-2)10-15-18(24)22-20(28)23(19(15)25)14-7-5-13(21)6-8-14/h4-11H,3H2,1-2H3,(H,22,24,28)/b15-10-. The molecule has 0 bridgehead atoms. The molecule has 0 radical (unpaired) electrons. The molecule has 1 heterocycles. The van der Waals surface area contributed by atoms with E-state index in [0.717, 1.165) is 4.90 Å². The lowest BCUT2D eigenvalue weighted by Gasteiger charge is -2.28. The summed E-state index contributed by atoms with van der Waals surface area (Å²) < 4.78 is 24.0. The Kier molecular flexibility index (Phi) is 5.70. The van der Waals surface area contributed by atoms with E-state index in [9.17, 15) is 14.0 Å². The molecule has 1 saturated heterocycles. The molecule has 1 aliphatic heterocycles. The van der Waals surface area contributed by atoms with Crippen molar-refractivity contribution in [2.45, 2.75) is 6.92 Å². The minimum absolute atomic E-state index is 0.0666. The van der Waals surface area contributed by atoms with Crippen molar-refractivity contribution >= 4 is 40.9 Å². The first-order chi connectivity index (χ1) is 13.4. The van der Waals surface area contributed by atoms with Crippen LogP contribution < -0.4 is 19.7 Å².